The van der Waals surface area contributed by atoms with E-state index in [0.29, 0.717) is 0 Å². The summed E-state index contributed by atoms with van der Waals surface area (Å²) in [4.78, 5) is 2.11. The van der Waals surface area contributed by atoms with E-state index < -0.39 is 0 Å². The predicted molar refractivity (Wildman–Crippen MR) is 82.3 cm³/mol. The number of hydrogen-bond donors (Lipinski definition) is 1. The Labute approximate surface area is 120 Å². The number of benzene rings is 2. The Kier molecular flexibility index (Phi) is 4.40. The topological polar surface area (TPSA) is 29.3 Å². The van der Waals surface area contributed by atoms with Crippen molar-refractivity contribution < 1.29 is 4.39 Å². The fraction of sp³-hybridized carbons (Fsp3) is 0.294. The van der Waals surface area contributed by atoms with E-state index in [1.54, 1.807) is 6.07 Å². The number of nitrogens with two attached hydrogens (primary N) is 1. The quantitative estimate of drug-likeness (QED) is 0.917. The first-order valence-corrected chi connectivity index (χ1v) is 6.79. The maximum Gasteiger partial charge on any atom is 0.123 e. The van der Waals surface area contributed by atoms with Gasteiger partial charge in [-0.25, -0.2) is 4.39 Å². The minimum absolute atomic E-state index is 0.194. The van der Waals surface area contributed by atoms with Crippen molar-refractivity contribution in [1.29, 1.82) is 0 Å². The minimum atomic E-state index is -0.245. The Morgan fingerprint density at radius 2 is 1.90 bits per heavy atom. The molecule has 0 aliphatic carbocycles. The van der Waals surface area contributed by atoms with Gasteiger partial charge in [0.15, 0.2) is 0 Å². The van der Waals surface area contributed by atoms with Gasteiger partial charge in [0, 0.05) is 25.3 Å². The molecule has 2 N–H and O–H groups in total. The lowest BCUT2D eigenvalue weighted by Crippen LogP contribution is -2.20. The van der Waals surface area contributed by atoms with Crippen LogP contribution in [0.3, 0.4) is 0 Å². The maximum absolute atomic E-state index is 13.4. The molecule has 20 heavy (non-hydrogen) atoms. The second kappa shape index (κ2) is 6.06. The number of rotatable bonds is 4. The average molecular weight is 272 g/mol. The Hall–Kier alpha value is -1.87. The molecule has 2 rings (SSSR count). The normalized spacial score (nSPS) is 12.2. The lowest BCUT2D eigenvalue weighted by Gasteiger charge is -2.25. The van der Waals surface area contributed by atoms with E-state index in [9.17, 15) is 4.39 Å². The van der Waals surface area contributed by atoms with Gasteiger partial charge in [-0.2, -0.15) is 0 Å². The van der Waals surface area contributed by atoms with Crippen LogP contribution in [0.25, 0.3) is 0 Å². The van der Waals surface area contributed by atoms with Crippen LogP contribution in [0.2, 0.25) is 0 Å². The van der Waals surface area contributed by atoms with Crippen LogP contribution in [0.1, 0.15) is 29.7 Å². The van der Waals surface area contributed by atoms with Crippen LogP contribution in [-0.2, 0) is 6.54 Å². The zero-order chi connectivity index (χ0) is 14.7. The molecule has 0 aliphatic heterocycles. The van der Waals surface area contributed by atoms with E-state index in [2.05, 4.69) is 24.0 Å². The van der Waals surface area contributed by atoms with Gasteiger partial charge in [-0.15, -0.1) is 0 Å². The summed E-state index contributed by atoms with van der Waals surface area (Å²) in [6, 6.07) is 12.9. The molecule has 0 saturated heterocycles. The van der Waals surface area contributed by atoms with Gasteiger partial charge in [0.2, 0.25) is 0 Å². The highest BCUT2D eigenvalue weighted by atomic mass is 19.1. The van der Waals surface area contributed by atoms with Crippen LogP contribution in [0.15, 0.2) is 42.5 Å². The Morgan fingerprint density at radius 3 is 2.55 bits per heavy atom. The predicted octanol–water partition coefficient (Wildman–Crippen LogP) is 3.79. The van der Waals surface area contributed by atoms with Crippen molar-refractivity contribution in [3.05, 3.63) is 65.0 Å². The van der Waals surface area contributed by atoms with Crippen molar-refractivity contribution in [1.82, 2.24) is 0 Å². The largest absolute Gasteiger partial charge is 0.370 e. The van der Waals surface area contributed by atoms with Crippen LogP contribution in [0.4, 0.5) is 10.1 Å². The SMILES string of the molecule is Cc1ccccc1CN(C)c1ccc(F)cc1[C@H](C)N. The molecule has 106 valence electrons. The monoisotopic (exact) mass is 272 g/mol. The van der Waals surface area contributed by atoms with E-state index in [4.69, 9.17) is 5.73 Å². The van der Waals surface area contributed by atoms with E-state index in [1.807, 2.05) is 26.1 Å². The third kappa shape index (κ3) is 3.17. The molecule has 2 aromatic carbocycles. The van der Waals surface area contributed by atoms with Crippen LogP contribution < -0.4 is 10.6 Å². The fourth-order valence-corrected chi connectivity index (χ4v) is 2.37. The summed E-state index contributed by atoms with van der Waals surface area (Å²) in [5.74, 6) is -0.245. The van der Waals surface area contributed by atoms with Crippen molar-refractivity contribution in [2.24, 2.45) is 5.73 Å². The molecule has 0 spiro atoms. The molecule has 0 bridgehead atoms. The van der Waals surface area contributed by atoms with Gasteiger partial charge in [0.1, 0.15) is 5.82 Å². The maximum atomic E-state index is 13.4. The highest BCUT2D eigenvalue weighted by Crippen LogP contribution is 2.27. The average Bonchev–Trinajstić information content (AvgIpc) is 2.41. The second-order valence-corrected chi connectivity index (χ2v) is 5.27. The number of anilines is 1. The molecule has 0 fully saturated rings. The highest BCUT2D eigenvalue weighted by molar-refractivity contribution is 5.55. The summed E-state index contributed by atoms with van der Waals surface area (Å²) in [5, 5.41) is 0. The van der Waals surface area contributed by atoms with Gasteiger partial charge in [0.05, 0.1) is 0 Å². The van der Waals surface area contributed by atoms with Gasteiger partial charge in [0.25, 0.3) is 0 Å². The van der Waals surface area contributed by atoms with E-state index in [-0.39, 0.29) is 11.9 Å². The Bertz CT molecular complexity index is 593. The molecule has 0 heterocycles. The summed E-state index contributed by atoms with van der Waals surface area (Å²) >= 11 is 0. The molecule has 0 unspecified atom stereocenters. The van der Waals surface area contributed by atoms with Gasteiger partial charge in [-0.05, 0) is 48.7 Å². The summed E-state index contributed by atoms with van der Waals surface area (Å²) in [6.45, 7) is 4.75. The smallest absolute Gasteiger partial charge is 0.123 e. The van der Waals surface area contributed by atoms with E-state index >= 15 is 0 Å². The molecule has 0 saturated carbocycles. The molecule has 0 amide bonds. The van der Waals surface area contributed by atoms with Crippen LogP contribution >= 0.6 is 0 Å². The first kappa shape index (κ1) is 14.5. The Morgan fingerprint density at radius 1 is 1.20 bits per heavy atom. The standard InChI is InChI=1S/C17H21FN2/c1-12-6-4-5-7-14(12)11-20(3)17-9-8-15(18)10-16(17)13(2)19/h4-10,13H,11,19H2,1-3H3/t13-/m0/s1. The number of halogens is 1. The summed E-state index contributed by atoms with van der Waals surface area (Å²) < 4.78 is 13.4. The van der Waals surface area contributed by atoms with Gasteiger partial charge in [-0.3, -0.25) is 0 Å². The summed E-state index contributed by atoms with van der Waals surface area (Å²) in [6.07, 6.45) is 0. The number of aryl methyl sites for hydroxylation is 1. The lowest BCUT2D eigenvalue weighted by molar-refractivity contribution is 0.622. The second-order valence-electron chi connectivity index (χ2n) is 5.27. The third-order valence-corrected chi connectivity index (χ3v) is 3.56. The zero-order valence-corrected chi connectivity index (χ0v) is 12.2. The molecule has 1 atom stereocenters. The van der Waals surface area contributed by atoms with Crippen molar-refractivity contribution in [2.45, 2.75) is 26.4 Å². The molecule has 3 heteroatoms. The molecule has 2 nitrogen and oxygen atoms in total. The molecule has 0 aliphatic rings. The molecule has 0 aromatic heterocycles. The molecule has 2 aromatic rings. The molecular weight excluding hydrogens is 251 g/mol. The number of nitrogens with zero attached hydrogens (tertiary/aromatic N) is 1. The Balaban J connectivity index is 2.30. The lowest BCUT2D eigenvalue weighted by atomic mass is 10.0. The van der Waals surface area contributed by atoms with E-state index in [1.165, 1.54) is 23.3 Å². The molecule has 0 radical (unpaired) electrons. The van der Waals surface area contributed by atoms with Gasteiger partial charge in [-0.1, -0.05) is 24.3 Å². The minimum Gasteiger partial charge on any atom is -0.370 e. The van der Waals surface area contributed by atoms with Gasteiger partial charge >= 0.3 is 0 Å². The third-order valence-electron chi connectivity index (χ3n) is 3.56. The summed E-state index contributed by atoms with van der Waals surface area (Å²) in [7, 11) is 2.01. The van der Waals surface area contributed by atoms with E-state index in [0.717, 1.165) is 17.8 Å². The van der Waals surface area contributed by atoms with Gasteiger partial charge < -0.3 is 10.6 Å². The first-order valence-electron chi connectivity index (χ1n) is 6.79. The zero-order valence-electron chi connectivity index (χ0n) is 12.2. The van der Waals surface area contributed by atoms with Crippen molar-refractivity contribution >= 4 is 5.69 Å². The summed E-state index contributed by atoms with van der Waals surface area (Å²) in [5.41, 5.74) is 10.3. The van der Waals surface area contributed by atoms with Crippen LogP contribution in [0.5, 0.6) is 0 Å². The highest BCUT2D eigenvalue weighted by Gasteiger charge is 2.12. The van der Waals surface area contributed by atoms with Crippen molar-refractivity contribution in [2.75, 3.05) is 11.9 Å². The van der Waals surface area contributed by atoms with Crippen molar-refractivity contribution in [3.8, 4) is 0 Å². The van der Waals surface area contributed by atoms with Crippen molar-refractivity contribution in [3.63, 3.8) is 0 Å². The molecular formula is C17H21FN2. The first-order chi connectivity index (χ1) is 9.49. The van der Waals surface area contributed by atoms with Crippen LogP contribution in [-0.4, -0.2) is 7.05 Å². The van der Waals surface area contributed by atoms with Crippen LogP contribution in [0, 0.1) is 12.7 Å². The number of hydrogen-bond acceptors (Lipinski definition) is 2. The fourth-order valence-electron chi connectivity index (χ4n) is 2.37.